The van der Waals surface area contributed by atoms with Crippen molar-refractivity contribution in [2.45, 2.75) is 59.2 Å². The second-order valence-corrected chi connectivity index (χ2v) is 8.95. The van der Waals surface area contributed by atoms with Gasteiger partial charge in [-0.2, -0.15) is 4.98 Å². The van der Waals surface area contributed by atoms with Crippen LogP contribution in [-0.4, -0.2) is 31.3 Å². The number of hydrogen-bond donors (Lipinski definition) is 2. The van der Waals surface area contributed by atoms with Crippen molar-refractivity contribution >= 4 is 29.2 Å². The van der Waals surface area contributed by atoms with Crippen molar-refractivity contribution in [1.82, 2.24) is 14.1 Å². The van der Waals surface area contributed by atoms with Crippen LogP contribution in [0.3, 0.4) is 0 Å². The van der Waals surface area contributed by atoms with Gasteiger partial charge < -0.3 is 15.2 Å². The summed E-state index contributed by atoms with van der Waals surface area (Å²) in [5.41, 5.74) is 0.789. The Morgan fingerprint density at radius 1 is 1.17 bits per heavy atom. The summed E-state index contributed by atoms with van der Waals surface area (Å²) in [6.07, 6.45) is -0.0612. The summed E-state index contributed by atoms with van der Waals surface area (Å²) in [5.74, 6) is -0.325. The third kappa shape index (κ3) is 6.51. The van der Waals surface area contributed by atoms with Crippen LogP contribution in [0.4, 0.5) is 11.6 Å². The van der Waals surface area contributed by atoms with Crippen LogP contribution in [0.15, 0.2) is 52.1 Å². The second-order valence-electron chi connectivity index (χ2n) is 8.51. The molecule has 0 aliphatic rings. The highest BCUT2D eigenvalue weighted by molar-refractivity contribution is 6.30. The summed E-state index contributed by atoms with van der Waals surface area (Å²) in [4.78, 5) is 41.9. The highest BCUT2D eigenvalue weighted by Crippen LogP contribution is 2.25. The Morgan fingerprint density at radius 3 is 2.43 bits per heavy atom. The fourth-order valence-electron chi connectivity index (χ4n) is 3.69. The number of carboxylic acids is 1. The van der Waals surface area contributed by atoms with E-state index in [1.165, 1.54) is 4.57 Å². The molecule has 2 aromatic carbocycles. The molecule has 0 aliphatic heterocycles. The molecular weight excluding hydrogens is 472 g/mol. The van der Waals surface area contributed by atoms with E-state index in [9.17, 15) is 19.5 Å². The zero-order valence-electron chi connectivity index (χ0n) is 20.1. The van der Waals surface area contributed by atoms with Crippen LogP contribution in [0.2, 0.25) is 5.02 Å². The number of rotatable bonds is 10. The maximum absolute atomic E-state index is 13.5. The van der Waals surface area contributed by atoms with Crippen molar-refractivity contribution in [3.63, 3.8) is 0 Å². The molecule has 0 bridgehead atoms. The minimum Gasteiger partial charge on any atom is -0.491 e. The van der Waals surface area contributed by atoms with E-state index in [0.29, 0.717) is 10.7 Å². The molecule has 2 N–H and O–H groups in total. The zero-order chi connectivity index (χ0) is 25.7. The summed E-state index contributed by atoms with van der Waals surface area (Å²) < 4.78 is 8.02. The lowest BCUT2D eigenvalue weighted by Crippen LogP contribution is -2.45. The highest BCUT2D eigenvalue weighted by atomic mass is 35.5. The predicted octanol–water partition coefficient (Wildman–Crippen LogP) is 4.37. The molecule has 0 aliphatic carbocycles. The van der Waals surface area contributed by atoms with Gasteiger partial charge in [-0.15, -0.1) is 0 Å². The van der Waals surface area contributed by atoms with Crippen molar-refractivity contribution in [2.24, 2.45) is 0 Å². The molecule has 0 radical (unpaired) electrons. The van der Waals surface area contributed by atoms with Gasteiger partial charge in [-0.3, -0.25) is 9.36 Å². The average Bonchev–Trinajstić information content (AvgIpc) is 2.78. The van der Waals surface area contributed by atoms with Crippen LogP contribution in [-0.2, 0) is 11.3 Å². The molecular formula is C25H29ClN4O5. The Morgan fingerprint density at radius 2 is 1.86 bits per heavy atom. The van der Waals surface area contributed by atoms with Crippen LogP contribution in [0.5, 0.6) is 5.75 Å². The molecule has 1 atom stereocenters. The first-order chi connectivity index (χ1) is 16.6. The molecule has 0 saturated heterocycles. The number of carbonyl (C=O) groups is 1. The van der Waals surface area contributed by atoms with Gasteiger partial charge in [0.2, 0.25) is 5.95 Å². The van der Waals surface area contributed by atoms with Crippen LogP contribution >= 0.6 is 11.6 Å². The molecule has 9 nitrogen and oxygen atoms in total. The lowest BCUT2D eigenvalue weighted by atomic mass is 10.1. The number of halogens is 1. The summed E-state index contributed by atoms with van der Waals surface area (Å²) in [6.45, 7) is 7.59. The van der Waals surface area contributed by atoms with Crippen LogP contribution in [0.25, 0.3) is 0 Å². The van der Waals surface area contributed by atoms with Crippen molar-refractivity contribution in [2.75, 3.05) is 5.32 Å². The van der Waals surface area contributed by atoms with Crippen LogP contribution in [0, 0.1) is 6.92 Å². The Hall–Kier alpha value is -3.59. The fourth-order valence-corrected chi connectivity index (χ4v) is 3.82. The summed E-state index contributed by atoms with van der Waals surface area (Å²) in [5, 5.41) is 12.9. The van der Waals surface area contributed by atoms with E-state index in [-0.39, 0.29) is 31.4 Å². The SMILES string of the molecule is CC[C@@H](CC(=O)O)n1c(=O)nc(Nc2ccc(OC(C)C)c(C)c2)n(Cc2ccc(Cl)cc2)c1=O. The van der Waals surface area contributed by atoms with Gasteiger partial charge in [-0.25, -0.2) is 14.2 Å². The standard InChI is InChI=1S/C25H29ClN4O5/c1-5-20(13-22(31)32)30-24(33)28-23(27-19-10-11-21(16(4)12-19)35-15(2)3)29(25(30)34)14-17-6-8-18(26)9-7-17/h6-12,15,20H,5,13-14H2,1-4H3,(H,31,32)(H,27,28,33)/t20-/m0/s1. The number of aryl methyl sites for hydroxylation is 1. The van der Waals surface area contributed by atoms with Gasteiger partial charge in [0.15, 0.2) is 0 Å². The molecule has 1 aromatic heterocycles. The lowest BCUT2D eigenvalue weighted by molar-refractivity contribution is -0.138. The molecule has 0 spiro atoms. The van der Waals surface area contributed by atoms with E-state index in [1.54, 1.807) is 43.3 Å². The Labute approximate surface area is 208 Å². The molecule has 35 heavy (non-hydrogen) atoms. The summed E-state index contributed by atoms with van der Waals surface area (Å²) in [7, 11) is 0. The van der Waals surface area contributed by atoms with E-state index < -0.39 is 23.4 Å². The second kappa shape index (κ2) is 11.2. The van der Waals surface area contributed by atoms with Crippen molar-refractivity contribution in [3.8, 4) is 5.75 Å². The number of benzene rings is 2. The Bertz CT molecular complexity index is 1310. The molecule has 0 saturated carbocycles. The largest absolute Gasteiger partial charge is 0.491 e. The molecule has 10 heteroatoms. The quantitative estimate of drug-likeness (QED) is 0.424. The van der Waals surface area contributed by atoms with Gasteiger partial charge in [0.05, 0.1) is 25.1 Å². The maximum atomic E-state index is 13.5. The minimum absolute atomic E-state index is 0.0173. The fraction of sp³-hybridized carbons (Fsp3) is 0.360. The Kier molecular flexibility index (Phi) is 8.34. The number of anilines is 2. The summed E-state index contributed by atoms with van der Waals surface area (Å²) in [6, 6.07) is 11.5. The first-order valence-electron chi connectivity index (χ1n) is 11.3. The minimum atomic E-state index is -1.10. The number of nitrogens with zero attached hydrogens (tertiary/aromatic N) is 3. The predicted molar refractivity (Wildman–Crippen MR) is 135 cm³/mol. The third-order valence-corrected chi connectivity index (χ3v) is 5.65. The number of aromatic nitrogens is 3. The van der Waals surface area contributed by atoms with E-state index in [2.05, 4.69) is 10.3 Å². The maximum Gasteiger partial charge on any atom is 0.355 e. The van der Waals surface area contributed by atoms with Gasteiger partial charge in [0.1, 0.15) is 5.75 Å². The smallest absolute Gasteiger partial charge is 0.355 e. The molecule has 0 amide bonds. The highest BCUT2D eigenvalue weighted by Gasteiger charge is 2.22. The molecule has 1 heterocycles. The van der Waals surface area contributed by atoms with Crippen LogP contribution in [0.1, 0.15) is 50.8 Å². The first kappa shape index (κ1) is 26.0. The van der Waals surface area contributed by atoms with Crippen molar-refractivity contribution in [1.29, 1.82) is 0 Å². The van der Waals surface area contributed by atoms with E-state index in [0.717, 1.165) is 21.4 Å². The Balaban J connectivity index is 2.09. The van der Waals surface area contributed by atoms with E-state index >= 15 is 0 Å². The van der Waals surface area contributed by atoms with Crippen molar-refractivity contribution < 1.29 is 14.6 Å². The van der Waals surface area contributed by atoms with E-state index in [4.69, 9.17) is 16.3 Å². The van der Waals surface area contributed by atoms with Gasteiger partial charge in [-0.05, 0) is 68.7 Å². The normalized spacial score (nSPS) is 11.9. The van der Waals surface area contributed by atoms with Gasteiger partial charge in [0, 0.05) is 10.7 Å². The number of nitrogens with one attached hydrogen (secondary N) is 1. The molecule has 0 fully saturated rings. The van der Waals surface area contributed by atoms with Crippen molar-refractivity contribution in [3.05, 3.63) is 79.6 Å². The molecule has 3 rings (SSSR count). The van der Waals surface area contributed by atoms with E-state index in [1.807, 2.05) is 26.8 Å². The molecule has 3 aromatic rings. The van der Waals surface area contributed by atoms with Crippen LogP contribution < -0.4 is 21.4 Å². The number of aliphatic carboxylic acids is 1. The van der Waals surface area contributed by atoms with Gasteiger partial charge in [-0.1, -0.05) is 30.7 Å². The monoisotopic (exact) mass is 500 g/mol. The molecule has 186 valence electrons. The lowest BCUT2D eigenvalue weighted by Gasteiger charge is -2.20. The topological polar surface area (TPSA) is 115 Å². The number of ether oxygens (including phenoxy) is 1. The zero-order valence-corrected chi connectivity index (χ0v) is 20.9. The number of carboxylic acid groups (broad SMARTS) is 1. The summed E-state index contributed by atoms with van der Waals surface area (Å²) >= 11 is 5.99. The third-order valence-electron chi connectivity index (χ3n) is 5.39. The first-order valence-corrected chi connectivity index (χ1v) is 11.7. The average molecular weight is 501 g/mol. The van der Waals surface area contributed by atoms with Gasteiger partial charge in [0.25, 0.3) is 0 Å². The molecule has 0 unspecified atom stereocenters. The van der Waals surface area contributed by atoms with Gasteiger partial charge >= 0.3 is 17.3 Å². The number of hydrogen-bond acceptors (Lipinski definition) is 6.